The Kier molecular flexibility index (Phi) is 3.68. The van der Waals surface area contributed by atoms with E-state index in [0.717, 1.165) is 32.1 Å². The number of nitrogens with one attached hydrogen (secondary N) is 1. The summed E-state index contributed by atoms with van der Waals surface area (Å²) < 4.78 is 13.0. The van der Waals surface area contributed by atoms with E-state index in [4.69, 9.17) is 0 Å². The lowest BCUT2D eigenvalue weighted by Crippen LogP contribution is -2.40. The summed E-state index contributed by atoms with van der Waals surface area (Å²) in [6, 6.07) is 1.44. The van der Waals surface area contributed by atoms with Gasteiger partial charge in [-0.1, -0.05) is 0 Å². The van der Waals surface area contributed by atoms with Crippen LogP contribution < -0.4 is 5.32 Å². The minimum Gasteiger partial charge on any atom is -0.334 e. The maximum atomic E-state index is 13.0. The first kappa shape index (κ1) is 12.0. The van der Waals surface area contributed by atoms with Crippen molar-refractivity contribution in [3.63, 3.8) is 0 Å². The summed E-state index contributed by atoms with van der Waals surface area (Å²) in [5.41, 5.74) is 0.327. The van der Waals surface area contributed by atoms with Gasteiger partial charge >= 0.3 is 0 Å². The number of pyridine rings is 1. The number of carbonyl (C=O) groups is 1. The van der Waals surface area contributed by atoms with E-state index in [1.54, 1.807) is 4.90 Å². The maximum absolute atomic E-state index is 13.0. The summed E-state index contributed by atoms with van der Waals surface area (Å²) >= 11 is 0. The number of amides is 1. The highest BCUT2D eigenvalue weighted by Crippen LogP contribution is 2.19. The van der Waals surface area contributed by atoms with Crippen LogP contribution in [0, 0.1) is 5.82 Å². The molecule has 0 bridgehead atoms. The lowest BCUT2D eigenvalue weighted by molar-refractivity contribution is 0.0736. The Balaban J connectivity index is 2.14. The minimum absolute atomic E-state index is 0.130. The molecule has 2 rings (SSSR count). The van der Waals surface area contributed by atoms with Crippen molar-refractivity contribution in [2.45, 2.75) is 18.9 Å². The van der Waals surface area contributed by atoms with Gasteiger partial charge in [0.1, 0.15) is 5.82 Å². The number of nitrogens with zero attached hydrogens (tertiary/aromatic N) is 2. The molecule has 0 aliphatic carbocycles. The van der Waals surface area contributed by atoms with E-state index < -0.39 is 5.82 Å². The number of hydrogen-bond acceptors (Lipinski definition) is 3. The number of halogens is 1. The van der Waals surface area contributed by atoms with Crippen molar-refractivity contribution in [2.75, 3.05) is 20.1 Å². The number of rotatable bonds is 3. The molecule has 92 valence electrons. The van der Waals surface area contributed by atoms with Crippen molar-refractivity contribution >= 4 is 5.91 Å². The number of likely N-dealkylation sites (N-methyl/N-ethyl adjacent to an activating group) is 1. The molecule has 1 N–H and O–H groups in total. The van der Waals surface area contributed by atoms with E-state index >= 15 is 0 Å². The molecular formula is C12H16FN3O. The van der Waals surface area contributed by atoms with Crippen LogP contribution in [0.4, 0.5) is 4.39 Å². The molecule has 1 atom stereocenters. The van der Waals surface area contributed by atoms with Gasteiger partial charge in [0, 0.05) is 25.3 Å². The van der Waals surface area contributed by atoms with Gasteiger partial charge in [-0.2, -0.15) is 0 Å². The zero-order valence-corrected chi connectivity index (χ0v) is 9.82. The molecule has 0 saturated carbocycles. The first-order valence-electron chi connectivity index (χ1n) is 5.78. The van der Waals surface area contributed by atoms with E-state index in [2.05, 4.69) is 10.3 Å². The van der Waals surface area contributed by atoms with Gasteiger partial charge in [0.2, 0.25) is 0 Å². The minimum atomic E-state index is -0.472. The van der Waals surface area contributed by atoms with Gasteiger partial charge in [-0.05, 0) is 26.0 Å². The molecule has 1 aromatic heterocycles. The fourth-order valence-corrected chi connectivity index (χ4v) is 2.25. The normalized spacial score (nSPS) is 19.6. The first-order chi connectivity index (χ1) is 8.22. The van der Waals surface area contributed by atoms with Crippen LogP contribution in [0.1, 0.15) is 23.2 Å². The van der Waals surface area contributed by atoms with Crippen LogP contribution >= 0.6 is 0 Å². The molecule has 1 aliphatic heterocycles. The zero-order valence-electron chi connectivity index (χ0n) is 9.82. The molecule has 0 spiro atoms. The summed E-state index contributed by atoms with van der Waals surface area (Å²) in [4.78, 5) is 17.7. The van der Waals surface area contributed by atoms with Gasteiger partial charge in [0.15, 0.2) is 0 Å². The third-order valence-corrected chi connectivity index (χ3v) is 3.03. The molecule has 1 saturated heterocycles. The van der Waals surface area contributed by atoms with Crippen LogP contribution in [0.3, 0.4) is 0 Å². The third kappa shape index (κ3) is 2.61. The van der Waals surface area contributed by atoms with E-state index in [-0.39, 0.29) is 11.9 Å². The molecule has 2 heterocycles. The van der Waals surface area contributed by atoms with Gasteiger partial charge < -0.3 is 10.2 Å². The van der Waals surface area contributed by atoms with Crippen LogP contribution in [-0.4, -0.2) is 42.0 Å². The fourth-order valence-electron chi connectivity index (χ4n) is 2.25. The van der Waals surface area contributed by atoms with Gasteiger partial charge in [-0.25, -0.2) is 4.39 Å². The number of carbonyl (C=O) groups excluding carboxylic acids is 1. The fraction of sp³-hybridized carbons (Fsp3) is 0.500. The number of likely N-dealkylation sites (tertiary alicyclic amines) is 1. The Hall–Kier alpha value is -1.49. The SMILES string of the molecule is CNC[C@H]1CCCN1C(=O)c1cncc(F)c1. The van der Waals surface area contributed by atoms with Crippen LogP contribution in [-0.2, 0) is 0 Å². The molecule has 4 nitrogen and oxygen atoms in total. The second-order valence-corrected chi connectivity index (χ2v) is 4.24. The molecule has 1 aliphatic rings. The number of hydrogen-bond donors (Lipinski definition) is 1. The van der Waals surface area contributed by atoms with E-state index in [0.29, 0.717) is 5.56 Å². The highest BCUT2D eigenvalue weighted by Gasteiger charge is 2.28. The predicted octanol–water partition coefficient (Wildman–Crippen LogP) is 1.04. The predicted molar refractivity (Wildman–Crippen MR) is 62.2 cm³/mol. The lowest BCUT2D eigenvalue weighted by atomic mass is 10.2. The molecule has 1 fully saturated rings. The van der Waals surface area contributed by atoms with E-state index in [1.807, 2.05) is 7.05 Å². The molecule has 0 radical (unpaired) electrons. The maximum Gasteiger partial charge on any atom is 0.255 e. The van der Waals surface area contributed by atoms with Crippen LogP contribution in [0.2, 0.25) is 0 Å². The van der Waals surface area contributed by atoms with Crippen molar-refractivity contribution in [2.24, 2.45) is 0 Å². The second kappa shape index (κ2) is 5.23. The Morgan fingerprint density at radius 2 is 2.47 bits per heavy atom. The van der Waals surface area contributed by atoms with Crippen molar-refractivity contribution in [1.82, 2.24) is 15.2 Å². The average molecular weight is 237 g/mol. The molecular weight excluding hydrogens is 221 g/mol. The molecule has 1 aromatic rings. The van der Waals surface area contributed by atoms with Crippen LogP contribution in [0.25, 0.3) is 0 Å². The van der Waals surface area contributed by atoms with Crippen molar-refractivity contribution in [3.05, 3.63) is 29.8 Å². The van der Waals surface area contributed by atoms with Gasteiger partial charge in [0.05, 0.1) is 11.8 Å². The quantitative estimate of drug-likeness (QED) is 0.854. The lowest BCUT2D eigenvalue weighted by Gasteiger charge is -2.24. The largest absolute Gasteiger partial charge is 0.334 e. The molecule has 1 amide bonds. The Bertz CT molecular complexity index is 410. The van der Waals surface area contributed by atoms with Gasteiger partial charge in [-0.3, -0.25) is 9.78 Å². The van der Waals surface area contributed by atoms with Crippen LogP contribution in [0.15, 0.2) is 18.5 Å². The van der Waals surface area contributed by atoms with E-state index in [9.17, 15) is 9.18 Å². The summed E-state index contributed by atoms with van der Waals surface area (Å²) in [7, 11) is 1.87. The van der Waals surface area contributed by atoms with Crippen molar-refractivity contribution in [1.29, 1.82) is 0 Å². The summed E-state index contributed by atoms with van der Waals surface area (Å²) in [5.74, 6) is -0.602. The van der Waals surface area contributed by atoms with E-state index in [1.165, 1.54) is 12.3 Å². The Labute approximate surface area is 99.8 Å². The third-order valence-electron chi connectivity index (χ3n) is 3.03. The van der Waals surface area contributed by atoms with Crippen LogP contribution in [0.5, 0.6) is 0 Å². The smallest absolute Gasteiger partial charge is 0.255 e. The second-order valence-electron chi connectivity index (χ2n) is 4.24. The Morgan fingerprint density at radius 1 is 1.65 bits per heavy atom. The highest BCUT2D eigenvalue weighted by molar-refractivity contribution is 5.94. The Morgan fingerprint density at radius 3 is 3.18 bits per heavy atom. The molecule has 5 heteroatoms. The summed E-state index contributed by atoms with van der Waals surface area (Å²) in [6.45, 7) is 1.51. The zero-order chi connectivity index (χ0) is 12.3. The van der Waals surface area contributed by atoms with Crippen molar-refractivity contribution in [3.8, 4) is 0 Å². The monoisotopic (exact) mass is 237 g/mol. The number of aromatic nitrogens is 1. The molecule has 0 aromatic carbocycles. The molecule has 0 unspecified atom stereocenters. The summed E-state index contributed by atoms with van der Waals surface area (Å²) in [5, 5.41) is 3.07. The summed E-state index contributed by atoms with van der Waals surface area (Å²) in [6.07, 6.45) is 4.52. The first-order valence-corrected chi connectivity index (χ1v) is 5.78. The van der Waals surface area contributed by atoms with Gasteiger partial charge in [0.25, 0.3) is 5.91 Å². The molecule has 17 heavy (non-hydrogen) atoms. The average Bonchev–Trinajstić information content (AvgIpc) is 2.77. The highest BCUT2D eigenvalue weighted by atomic mass is 19.1. The standard InChI is InChI=1S/C12H16FN3O/c1-14-8-11-3-2-4-16(11)12(17)9-5-10(13)7-15-6-9/h5-7,11,14H,2-4,8H2,1H3/t11-/m1/s1. The topological polar surface area (TPSA) is 45.2 Å². The van der Waals surface area contributed by atoms with Crippen molar-refractivity contribution < 1.29 is 9.18 Å². The van der Waals surface area contributed by atoms with Gasteiger partial charge in [-0.15, -0.1) is 0 Å².